The van der Waals surface area contributed by atoms with E-state index in [1.807, 2.05) is 19.2 Å². The van der Waals surface area contributed by atoms with Crippen LogP contribution in [0.3, 0.4) is 0 Å². The van der Waals surface area contributed by atoms with Crippen LogP contribution in [0.1, 0.15) is 0 Å². The Hall–Kier alpha value is -0.160. The summed E-state index contributed by atoms with van der Waals surface area (Å²) in [6, 6.07) is 0. The van der Waals surface area contributed by atoms with Gasteiger partial charge in [-0.15, -0.1) is 0 Å². The minimum Gasteiger partial charge on any atom is -0.389 e. The van der Waals surface area contributed by atoms with E-state index >= 15 is 0 Å². The van der Waals surface area contributed by atoms with Crippen LogP contribution >= 0.6 is 0 Å². The second-order valence-electron chi connectivity index (χ2n) is 3.14. The molecular formula is C7H16N2O2. The predicted octanol–water partition coefficient (Wildman–Crippen LogP) is -0.844. The van der Waals surface area contributed by atoms with Crippen LogP contribution in [-0.4, -0.2) is 61.5 Å². The fourth-order valence-corrected chi connectivity index (χ4v) is 0.999. The molecule has 1 saturated heterocycles. The van der Waals surface area contributed by atoms with Crippen LogP contribution in [0, 0.1) is 0 Å². The fraction of sp³-hybridized carbons (Fsp3) is 1.00. The zero-order valence-corrected chi connectivity index (χ0v) is 7.16. The van der Waals surface area contributed by atoms with E-state index in [1.54, 1.807) is 0 Å². The number of β-amino-alcohol motifs (C(OH)–C–C–N with tert-alkyl or cyclic N) is 1. The van der Waals surface area contributed by atoms with Gasteiger partial charge in [0.25, 0.3) is 0 Å². The Bertz CT molecular complexity index is 119. The van der Waals surface area contributed by atoms with E-state index in [9.17, 15) is 0 Å². The molecule has 1 aliphatic heterocycles. The first-order chi connectivity index (χ1) is 5.18. The molecule has 0 spiro atoms. The van der Waals surface area contributed by atoms with Crippen molar-refractivity contribution in [3.63, 3.8) is 0 Å². The molecule has 0 aromatic carbocycles. The Labute approximate surface area is 67.3 Å². The minimum absolute atomic E-state index is 0.294. The Kier molecular flexibility index (Phi) is 3.26. The van der Waals surface area contributed by atoms with Gasteiger partial charge in [0, 0.05) is 13.1 Å². The first-order valence-electron chi connectivity index (χ1n) is 3.89. The van der Waals surface area contributed by atoms with Gasteiger partial charge in [0.2, 0.25) is 0 Å². The predicted molar refractivity (Wildman–Crippen MR) is 42.1 cm³/mol. The van der Waals surface area contributed by atoms with Crippen LogP contribution in [0.4, 0.5) is 0 Å². The average Bonchev–Trinajstić information content (AvgIpc) is 2.31. The highest BCUT2D eigenvalue weighted by Gasteiger charge is 2.20. The quantitative estimate of drug-likeness (QED) is 0.584. The molecule has 1 N–H and O–H groups in total. The molecule has 4 nitrogen and oxygen atoms in total. The topological polar surface area (TPSA) is 35.9 Å². The van der Waals surface area contributed by atoms with Crippen molar-refractivity contribution in [3.05, 3.63) is 0 Å². The summed E-state index contributed by atoms with van der Waals surface area (Å²) in [5.74, 6) is 0. The number of aliphatic hydroxyl groups excluding tert-OH is 1. The van der Waals surface area contributed by atoms with Gasteiger partial charge in [0.05, 0.1) is 19.3 Å². The molecule has 66 valence electrons. The smallest absolute Gasteiger partial charge is 0.0958 e. The van der Waals surface area contributed by atoms with E-state index in [1.165, 1.54) is 0 Å². The van der Waals surface area contributed by atoms with Crippen molar-refractivity contribution in [2.45, 2.75) is 6.10 Å². The van der Waals surface area contributed by atoms with Gasteiger partial charge in [-0.1, -0.05) is 0 Å². The van der Waals surface area contributed by atoms with Gasteiger partial charge in [0.15, 0.2) is 0 Å². The lowest BCUT2D eigenvalue weighted by Gasteiger charge is -2.16. The molecular weight excluding hydrogens is 144 g/mol. The number of hydrogen-bond donors (Lipinski definition) is 1. The summed E-state index contributed by atoms with van der Waals surface area (Å²) in [5.41, 5.74) is 0. The normalized spacial score (nSPS) is 26.7. The molecule has 0 aromatic heterocycles. The first-order valence-corrected chi connectivity index (χ1v) is 3.89. The third-order valence-corrected chi connectivity index (χ3v) is 1.66. The van der Waals surface area contributed by atoms with Crippen LogP contribution in [-0.2, 0) is 4.84 Å². The van der Waals surface area contributed by atoms with Crippen LogP contribution < -0.4 is 0 Å². The van der Waals surface area contributed by atoms with Crippen LogP contribution in [0.15, 0.2) is 0 Å². The first kappa shape index (κ1) is 8.93. The van der Waals surface area contributed by atoms with Gasteiger partial charge >= 0.3 is 0 Å². The summed E-state index contributed by atoms with van der Waals surface area (Å²) >= 11 is 0. The van der Waals surface area contributed by atoms with E-state index < -0.39 is 0 Å². The number of hydroxylamine groups is 2. The van der Waals surface area contributed by atoms with E-state index in [0.717, 1.165) is 13.1 Å². The molecule has 11 heavy (non-hydrogen) atoms. The van der Waals surface area contributed by atoms with E-state index in [2.05, 4.69) is 4.90 Å². The molecule has 4 heteroatoms. The zero-order chi connectivity index (χ0) is 8.27. The molecule has 0 aromatic rings. The lowest BCUT2D eigenvalue weighted by molar-refractivity contribution is -0.112. The SMILES string of the molecule is CN(C)CCN1CC(O)CO1. The Morgan fingerprint density at radius 3 is 2.82 bits per heavy atom. The van der Waals surface area contributed by atoms with E-state index in [0.29, 0.717) is 13.2 Å². The van der Waals surface area contributed by atoms with Gasteiger partial charge in [-0.2, -0.15) is 5.06 Å². The third-order valence-electron chi connectivity index (χ3n) is 1.66. The molecule has 0 aliphatic carbocycles. The van der Waals surface area contributed by atoms with Crippen LogP contribution in [0.5, 0.6) is 0 Å². The number of nitrogens with zero attached hydrogens (tertiary/aromatic N) is 2. The number of rotatable bonds is 3. The van der Waals surface area contributed by atoms with Crippen molar-refractivity contribution in [2.24, 2.45) is 0 Å². The summed E-state index contributed by atoms with van der Waals surface area (Å²) in [7, 11) is 4.04. The van der Waals surface area contributed by atoms with Crippen molar-refractivity contribution >= 4 is 0 Å². The Morgan fingerprint density at radius 1 is 1.64 bits per heavy atom. The standard InChI is InChI=1S/C7H16N2O2/c1-8(2)3-4-9-5-7(10)6-11-9/h7,10H,3-6H2,1-2H3. The van der Waals surface area contributed by atoms with E-state index in [4.69, 9.17) is 9.94 Å². The lowest BCUT2D eigenvalue weighted by Crippen LogP contribution is -2.29. The molecule has 0 saturated carbocycles. The molecule has 0 radical (unpaired) electrons. The third kappa shape index (κ3) is 3.16. The summed E-state index contributed by atoms with van der Waals surface area (Å²) in [6.07, 6.45) is -0.294. The van der Waals surface area contributed by atoms with Gasteiger partial charge < -0.3 is 10.0 Å². The van der Waals surface area contributed by atoms with Crippen molar-refractivity contribution < 1.29 is 9.94 Å². The number of hydrogen-bond acceptors (Lipinski definition) is 4. The number of aliphatic hydroxyl groups is 1. The molecule has 1 fully saturated rings. The van der Waals surface area contributed by atoms with Gasteiger partial charge in [0.1, 0.15) is 0 Å². The maximum Gasteiger partial charge on any atom is 0.0958 e. The maximum atomic E-state index is 9.08. The van der Waals surface area contributed by atoms with Crippen LogP contribution in [0.2, 0.25) is 0 Å². The zero-order valence-electron chi connectivity index (χ0n) is 7.16. The average molecular weight is 160 g/mol. The molecule has 1 unspecified atom stereocenters. The molecule has 0 bridgehead atoms. The second kappa shape index (κ2) is 4.01. The van der Waals surface area contributed by atoms with Crippen molar-refractivity contribution in [1.29, 1.82) is 0 Å². The Balaban J connectivity index is 2.08. The van der Waals surface area contributed by atoms with Crippen molar-refractivity contribution in [1.82, 2.24) is 9.96 Å². The highest BCUT2D eigenvalue weighted by atomic mass is 16.7. The molecule has 1 aliphatic rings. The summed E-state index contributed by atoms with van der Waals surface area (Å²) in [4.78, 5) is 7.26. The Morgan fingerprint density at radius 2 is 2.36 bits per heavy atom. The minimum atomic E-state index is -0.294. The molecule has 1 rings (SSSR count). The maximum absolute atomic E-state index is 9.08. The molecule has 1 heterocycles. The summed E-state index contributed by atoms with van der Waals surface area (Å²) < 4.78 is 0. The summed E-state index contributed by atoms with van der Waals surface area (Å²) in [5, 5.41) is 10.9. The van der Waals surface area contributed by atoms with E-state index in [-0.39, 0.29) is 6.10 Å². The molecule has 0 amide bonds. The van der Waals surface area contributed by atoms with Gasteiger partial charge in [-0.3, -0.25) is 4.84 Å². The molecule has 1 atom stereocenters. The second-order valence-corrected chi connectivity index (χ2v) is 3.14. The van der Waals surface area contributed by atoms with Gasteiger partial charge in [-0.05, 0) is 14.1 Å². The fourth-order valence-electron chi connectivity index (χ4n) is 0.999. The lowest BCUT2D eigenvalue weighted by atomic mass is 10.4. The largest absolute Gasteiger partial charge is 0.389 e. The van der Waals surface area contributed by atoms with Crippen LogP contribution in [0.25, 0.3) is 0 Å². The van der Waals surface area contributed by atoms with Crippen molar-refractivity contribution in [3.8, 4) is 0 Å². The monoisotopic (exact) mass is 160 g/mol. The number of likely N-dealkylation sites (N-methyl/N-ethyl adjacent to an activating group) is 1. The highest BCUT2D eigenvalue weighted by molar-refractivity contribution is 4.64. The van der Waals surface area contributed by atoms with Crippen molar-refractivity contribution in [2.75, 3.05) is 40.3 Å². The van der Waals surface area contributed by atoms with Gasteiger partial charge in [-0.25, -0.2) is 0 Å². The highest BCUT2D eigenvalue weighted by Crippen LogP contribution is 2.03. The summed E-state index contributed by atoms with van der Waals surface area (Å²) in [6.45, 7) is 2.93.